The molecule has 1 saturated heterocycles. The molecule has 0 bridgehead atoms. The highest BCUT2D eigenvalue weighted by atomic mass is 16.1. The molecule has 0 radical (unpaired) electrons. The van der Waals surface area contributed by atoms with Gasteiger partial charge in [-0.25, -0.2) is 0 Å². The van der Waals surface area contributed by atoms with E-state index in [1.807, 2.05) is 80.7 Å². The molecule has 2 heterocycles. The second-order valence-corrected chi connectivity index (χ2v) is 10.6. The third kappa shape index (κ3) is 5.88. The smallest absolute Gasteiger partial charge is 0.169 e. The molecule has 1 atom stereocenters. The summed E-state index contributed by atoms with van der Waals surface area (Å²) in [7, 11) is 0. The van der Waals surface area contributed by atoms with Crippen LogP contribution in [0.1, 0.15) is 56.4 Å². The first-order chi connectivity index (χ1) is 18.4. The third-order valence-electron chi connectivity index (χ3n) is 7.46. The van der Waals surface area contributed by atoms with Gasteiger partial charge in [0, 0.05) is 66.0 Å². The van der Waals surface area contributed by atoms with Gasteiger partial charge in [-0.3, -0.25) is 9.59 Å². The maximum Gasteiger partial charge on any atom is 0.169 e. The van der Waals surface area contributed by atoms with Crippen LogP contribution in [0.2, 0.25) is 0 Å². The van der Waals surface area contributed by atoms with Crippen LogP contribution in [0.25, 0.3) is 0 Å². The molecule has 0 saturated carbocycles. The summed E-state index contributed by atoms with van der Waals surface area (Å²) in [6.07, 6.45) is 3.86. The molecule has 0 aliphatic carbocycles. The minimum Gasteiger partial charge on any atom is -0.371 e. The predicted molar refractivity (Wildman–Crippen MR) is 155 cm³/mol. The molecule has 1 fully saturated rings. The third-order valence-corrected chi connectivity index (χ3v) is 7.46. The monoisotopic (exact) mass is 505 g/mol. The number of Topliss-reactive ketones (excluding diaryl/α,β-unsaturated/α-hetero) is 2. The van der Waals surface area contributed by atoms with Gasteiger partial charge in [0.05, 0.1) is 0 Å². The van der Waals surface area contributed by atoms with Crippen molar-refractivity contribution in [2.45, 2.75) is 40.0 Å². The Bertz CT molecular complexity index is 1400. The van der Waals surface area contributed by atoms with Gasteiger partial charge in [0.2, 0.25) is 0 Å². The van der Waals surface area contributed by atoms with Crippen molar-refractivity contribution in [1.29, 1.82) is 0 Å². The fourth-order valence-electron chi connectivity index (χ4n) is 5.25. The lowest BCUT2D eigenvalue weighted by molar-refractivity contribution is 0.0984. The molecule has 0 spiro atoms. The van der Waals surface area contributed by atoms with Crippen molar-refractivity contribution in [2.75, 3.05) is 23.3 Å². The van der Waals surface area contributed by atoms with Gasteiger partial charge < -0.3 is 15.2 Å². The first-order valence-corrected chi connectivity index (χ1v) is 13.4. The number of rotatable bonds is 9. The number of ketones is 2. The second kappa shape index (κ2) is 11.1. The summed E-state index contributed by atoms with van der Waals surface area (Å²) < 4.78 is 0. The lowest BCUT2D eigenvalue weighted by Crippen LogP contribution is -2.19. The molecular weight excluding hydrogens is 470 g/mol. The van der Waals surface area contributed by atoms with Crippen LogP contribution in [0.3, 0.4) is 0 Å². The van der Waals surface area contributed by atoms with Crippen molar-refractivity contribution >= 4 is 28.6 Å². The second-order valence-electron chi connectivity index (χ2n) is 10.6. The van der Waals surface area contributed by atoms with Gasteiger partial charge in [-0.1, -0.05) is 31.2 Å². The molecule has 4 aromatic rings. The van der Waals surface area contributed by atoms with Gasteiger partial charge in [-0.05, 0) is 91.4 Å². The van der Waals surface area contributed by atoms with Crippen LogP contribution in [0.5, 0.6) is 0 Å². The number of hydrogen-bond acceptors (Lipinski definition) is 4. The Labute approximate surface area is 224 Å². The molecule has 3 aromatic carbocycles. The number of H-pyrrole nitrogens is 1. The SMILES string of the molecule is Cc1c[nH]c(C)c1C(=O)Cc1ccc(Nc2ccc(CC(=O)c3ccc(N4CC[C@@H](C)C4)cc3)cc2)cc1. The Morgan fingerprint density at radius 1 is 0.842 bits per heavy atom. The lowest BCUT2D eigenvalue weighted by atomic mass is 10.0. The van der Waals surface area contributed by atoms with Gasteiger partial charge in [0.25, 0.3) is 0 Å². The highest BCUT2D eigenvalue weighted by molar-refractivity contribution is 6.00. The first-order valence-electron chi connectivity index (χ1n) is 13.4. The van der Waals surface area contributed by atoms with E-state index in [1.165, 1.54) is 12.1 Å². The number of nitrogens with zero attached hydrogens (tertiary/aromatic N) is 1. The number of aryl methyl sites for hydroxylation is 2. The summed E-state index contributed by atoms with van der Waals surface area (Å²) in [5.74, 6) is 0.985. The van der Waals surface area contributed by atoms with Crippen molar-refractivity contribution in [3.05, 3.63) is 113 Å². The van der Waals surface area contributed by atoms with Crippen molar-refractivity contribution in [3.63, 3.8) is 0 Å². The number of anilines is 3. The molecule has 1 aliphatic heterocycles. The molecule has 1 aliphatic rings. The summed E-state index contributed by atoms with van der Waals surface area (Å²) in [5, 5.41) is 3.40. The quantitative estimate of drug-likeness (QED) is 0.239. The van der Waals surface area contributed by atoms with E-state index < -0.39 is 0 Å². The van der Waals surface area contributed by atoms with Crippen molar-refractivity contribution in [3.8, 4) is 0 Å². The summed E-state index contributed by atoms with van der Waals surface area (Å²) in [5.41, 5.74) is 8.52. The molecular formula is C33H35N3O2. The predicted octanol–water partition coefficient (Wildman–Crippen LogP) is 7.07. The average molecular weight is 506 g/mol. The fourth-order valence-corrected chi connectivity index (χ4v) is 5.25. The lowest BCUT2D eigenvalue weighted by Gasteiger charge is -2.18. The zero-order valence-corrected chi connectivity index (χ0v) is 22.4. The van der Waals surface area contributed by atoms with Gasteiger partial charge in [0.15, 0.2) is 11.6 Å². The molecule has 38 heavy (non-hydrogen) atoms. The molecule has 5 heteroatoms. The molecule has 1 aromatic heterocycles. The van der Waals surface area contributed by atoms with Crippen LogP contribution in [-0.2, 0) is 12.8 Å². The number of benzene rings is 3. The van der Waals surface area contributed by atoms with Gasteiger partial charge in [-0.15, -0.1) is 0 Å². The Morgan fingerprint density at radius 2 is 1.42 bits per heavy atom. The number of carbonyl (C=O) groups is 2. The molecule has 0 amide bonds. The molecule has 0 unspecified atom stereocenters. The minimum atomic E-state index is 0.127. The van der Waals surface area contributed by atoms with E-state index in [0.29, 0.717) is 12.8 Å². The molecule has 5 nitrogen and oxygen atoms in total. The van der Waals surface area contributed by atoms with Crippen LogP contribution in [-0.4, -0.2) is 29.6 Å². The Balaban J connectivity index is 1.14. The van der Waals surface area contributed by atoms with Crippen LogP contribution in [0.4, 0.5) is 17.1 Å². The summed E-state index contributed by atoms with van der Waals surface area (Å²) in [6, 6.07) is 24.0. The topological polar surface area (TPSA) is 65.2 Å². The van der Waals surface area contributed by atoms with E-state index in [2.05, 4.69) is 34.3 Å². The molecule has 194 valence electrons. The van der Waals surface area contributed by atoms with E-state index in [1.54, 1.807) is 0 Å². The van der Waals surface area contributed by atoms with Crippen molar-refractivity contribution in [2.24, 2.45) is 5.92 Å². The Kier molecular flexibility index (Phi) is 7.45. The molecule has 5 rings (SSSR count). The Morgan fingerprint density at radius 3 is 1.92 bits per heavy atom. The number of carbonyl (C=O) groups excluding carboxylic acids is 2. The van der Waals surface area contributed by atoms with Gasteiger partial charge in [-0.2, -0.15) is 0 Å². The van der Waals surface area contributed by atoms with Crippen molar-refractivity contribution < 1.29 is 9.59 Å². The largest absolute Gasteiger partial charge is 0.371 e. The number of aromatic nitrogens is 1. The zero-order chi connectivity index (χ0) is 26.6. The highest BCUT2D eigenvalue weighted by Gasteiger charge is 2.19. The number of hydrogen-bond donors (Lipinski definition) is 2. The number of aromatic amines is 1. The van der Waals surface area contributed by atoms with Crippen LogP contribution in [0.15, 0.2) is 79.0 Å². The summed E-state index contributed by atoms with van der Waals surface area (Å²) in [4.78, 5) is 31.1. The normalized spacial score (nSPS) is 15.0. The van der Waals surface area contributed by atoms with E-state index >= 15 is 0 Å². The van der Waals surface area contributed by atoms with Crippen LogP contribution >= 0.6 is 0 Å². The standard InChI is InChI=1S/C33H35N3O2/c1-22-16-17-36(21-22)30-14-8-27(9-15-30)31(37)18-25-4-10-28(11-5-25)35-29-12-6-26(7-13-29)19-32(38)33-23(2)20-34-24(33)3/h4-15,20,22,34-35H,16-19,21H2,1-3H3/t22-/m1/s1. The van der Waals surface area contributed by atoms with Gasteiger partial charge in [0.1, 0.15) is 0 Å². The maximum absolute atomic E-state index is 12.8. The van der Waals surface area contributed by atoms with Crippen LogP contribution in [0, 0.1) is 19.8 Å². The Hall–Kier alpha value is -4.12. The average Bonchev–Trinajstić information content (AvgIpc) is 3.50. The zero-order valence-electron chi connectivity index (χ0n) is 22.4. The molecule has 2 N–H and O–H groups in total. The summed E-state index contributed by atoms with van der Waals surface area (Å²) in [6.45, 7) is 8.35. The van der Waals surface area contributed by atoms with Crippen molar-refractivity contribution in [1.82, 2.24) is 4.98 Å². The summed E-state index contributed by atoms with van der Waals surface area (Å²) >= 11 is 0. The first kappa shape index (κ1) is 25.5. The van der Waals surface area contributed by atoms with Gasteiger partial charge >= 0.3 is 0 Å². The number of nitrogens with one attached hydrogen (secondary N) is 2. The van der Waals surface area contributed by atoms with Crippen LogP contribution < -0.4 is 10.2 Å². The minimum absolute atomic E-state index is 0.127. The fraction of sp³-hybridized carbons (Fsp3) is 0.273. The van der Waals surface area contributed by atoms with E-state index in [9.17, 15) is 9.59 Å². The van der Waals surface area contributed by atoms with E-state index in [-0.39, 0.29) is 11.6 Å². The maximum atomic E-state index is 12.8. The van der Waals surface area contributed by atoms with E-state index in [4.69, 9.17) is 0 Å². The van der Waals surface area contributed by atoms with E-state index in [0.717, 1.165) is 63.9 Å². The highest BCUT2D eigenvalue weighted by Crippen LogP contribution is 2.25.